The molecule has 4 rings (SSSR count). The van der Waals surface area contributed by atoms with E-state index in [9.17, 15) is 4.79 Å². The summed E-state index contributed by atoms with van der Waals surface area (Å²) in [6, 6.07) is 10.1. The smallest absolute Gasteiger partial charge is 0.267 e. The Kier molecular flexibility index (Phi) is 4.04. The first-order valence-corrected chi connectivity index (χ1v) is 8.97. The van der Waals surface area contributed by atoms with Gasteiger partial charge in [0.15, 0.2) is 0 Å². The van der Waals surface area contributed by atoms with Gasteiger partial charge in [0.2, 0.25) is 0 Å². The van der Waals surface area contributed by atoms with Gasteiger partial charge in [0.05, 0.1) is 11.7 Å². The summed E-state index contributed by atoms with van der Waals surface area (Å²) in [4.78, 5) is 14.4. The van der Waals surface area contributed by atoms with Crippen LogP contribution in [0.3, 0.4) is 0 Å². The fourth-order valence-electron chi connectivity index (χ4n) is 3.48. The molecule has 1 aromatic carbocycles. The van der Waals surface area contributed by atoms with Crippen LogP contribution < -0.4 is 5.56 Å². The lowest BCUT2D eigenvalue weighted by Crippen LogP contribution is -2.26. The summed E-state index contributed by atoms with van der Waals surface area (Å²) < 4.78 is 1.55. The molecule has 0 N–H and O–H groups in total. The van der Waals surface area contributed by atoms with Crippen LogP contribution in [0.25, 0.3) is 11.3 Å². The van der Waals surface area contributed by atoms with Crippen LogP contribution in [0.2, 0.25) is 0 Å². The summed E-state index contributed by atoms with van der Waals surface area (Å²) in [5.41, 5.74) is 6.07. The van der Waals surface area contributed by atoms with Crippen molar-refractivity contribution in [1.82, 2.24) is 14.7 Å². The lowest BCUT2D eigenvalue weighted by atomic mass is 9.99. The maximum absolute atomic E-state index is 11.9. The number of allylic oxidation sites excluding steroid dienone is 3. The zero-order chi connectivity index (χ0) is 17.4. The molecule has 1 aliphatic heterocycles. The molecule has 0 saturated heterocycles. The van der Waals surface area contributed by atoms with E-state index in [2.05, 4.69) is 46.4 Å². The van der Waals surface area contributed by atoms with Gasteiger partial charge in [-0.1, -0.05) is 18.2 Å². The molecule has 2 aliphatic rings. The fourth-order valence-corrected chi connectivity index (χ4v) is 3.48. The summed E-state index contributed by atoms with van der Waals surface area (Å²) in [5.74, 6) is 0. The van der Waals surface area contributed by atoms with Crippen LogP contribution in [0.4, 0.5) is 0 Å². The van der Waals surface area contributed by atoms with E-state index in [1.807, 2.05) is 19.9 Å². The minimum absolute atomic E-state index is 0.0500. The fraction of sp³-hybridized carbons (Fsp3) is 0.333. The lowest BCUT2D eigenvalue weighted by Gasteiger charge is -2.26. The van der Waals surface area contributed by atoms with Crippen molar-refractivity contribution in [2.75, 3.05) is 13.1 Å². The van der Waals surface area contributed by atoms with Crippen molar-refractivity contribution in [3.05, 3.63) is 75.7 Å². The summed E-state index contributed by atoms with van der Waals surface area (Å²) in [5, 5.41) is 4.56. The highest BCUT2D eigenvalue weighted by atomic mass is 16.1. The van der Waals surface area contributed by atoms with Crippen LogP contribution in [0.15, 0.2) is 59.1 Å². The van der Waals surface area contributed by atoms with Gasteiger partial charge in [0.25, 0.3) is 5.56 Å². The Morgan fingerprint density at radius 3 is 2.48 bits per heavy atom. The molecule has 0 atom stereocenters. The van der Waals surface area contributed by atoms with E-state index in [0.29, 0.717) is 0 Å². The van der Waals surface area contributed by atoms with Gasteiger partial charge in [-0.05, 0) is 62.1 Å². The largest absolute Gasteiger partial charge is 0.371 e. The molecule has 1 aromatic heterocycles. The number of nitrogens with zero attached hydrogens (tertiary/aromatic N) is 3. The number of aromatic nitrogens is 2. The van der Waals surface area contributed by atoms with Crippen molar-refractivity contribution in [3.8, 4) is 11.3 Å². The zero-order valence-corrected chi connectivity index (χ0v) is 14.8. The molecular weight excluding hydrogens is 310 g/mol. The molecule has 4 nitrogen and oxygen atoms in total. The highest BCUT2D eigenvalue weighted by molar-refractivity contribution is 5.60. The number of hydrogen-bond donors (Lipinski definition) is 0. The van der Waals surface area contributed by atoms with Crippen LogP contribution in [0.5, 0.6) is 0 Å². The van der Waals surface area contributed by atoms with Crippen molar-refractivity contribution in [1.29, 1.82) is 0 Å². The first-order valence-electron chi connectivity index (χ1n) is 8.97. The van der Waals surface area contributed by atoms with Crippen LogP contribution >= 0.6 is 0 Å². The summed E-state index contributed by atoms with van der Waals surface area (Å²) in [6.45, 7) is 6.07. The van der Waals surface area contributed by atoms with Gasteiger partial charge in [-0.2, -0.15) is 5.10 Å². The van der Waals surface area contributed by atoms with E-state index in [1.165, 1.54) is 16.8 Å². The number of benzene rings is 1. The maximum atomic E-state index is 11.9. The summed E-state index contributed by atoms with van der Waals surface area (Å²) in [6.07, 6.45) is 8.57. The Labute approximate surface area is 148 Å². The molecule has 1 aliphatic carbocycles. The molecule has 0 saturated carbocycles. The second-order valence-electron chi connectivity index (χ2n) is 7.02. The summed E-state index contributed by atoms with van der Waals surface area (Å²) in [7, 11) is 0. The van der Waals surface area contributed by atoms with Gasteiger partial charge < -0.3 is 4.90 Å². The predicted molar refractivity (Wildman–Crippen MR) is 101 cm³/mol. The van der Waals surface area contributed by atoms with E-state index in [0.717, 1.165) is 37.2 Å². The predicted octanol–water partition coefficient (Wildman–Crippen LogP) is 3.35. The third kappa shape index (κ3) is 3.04. The van der Waals surface area contributed by atoms with Gasteiger partial charge in [0, 0.05) is 30.4 Å². The Hall–Kier alpha value is -2.62. The van der Waals surface area contributed by atoms with E-state index >= 15 is 0 Å². The highest BCUT2D eigenvalue weighted by Crippen LogP contribution is 2.25. The monoisotopic (exact) mass is 333 g/mol. The summed E-state index contributed by atoms with van der Waals surface area (Å²) >= 11 is 0. The first kappa shape index (κ1) is 15.9. The van der Waals surface area contributed by atoms with Crippen LogP contribution in [0.1, 0.15) is 31.0 Å². The lowest BCUT2D eigenvalue weighted by molar-refractivity contribution is 0.370. The topological polar surface area (TPSA) is 38.1 Å². The van der Waals surface area contributed by atoms with Crippen molar-refractivity contribution < 1.29 is 0 Å². The average molecular weight is 333 g/mol. The minimum atomic E-state index is -0.0500. The second kappa shape index (κ2) is 6.36. The molecule has 25 heavy (non-hydrogen) atoms. The van der Waals surface area contributed by atoms with Gasteiger partial charge >= 0.3 is 0 Å². The molecule has 2 heterocycles. The minimum Gasteiger partial charge on any atom is -0.371 e. The van der Waals surface area contributed by atoms with E-state index < -0.39 is 0 Å². The molecule has 4 heteroatoms. The molecular formula is C21H23N3O. The molecule has 0 fully saturated rings. The van der Waals surface area contributed by atoms with Gasteiger partial charge in [0.1, 0.15) is 0 Å². The van der Waals surface area contributed by atoms with E-state index in [-0.39, 0.29) is 11.6 Å². The molecule has 0 spiro atoms. The average Bonchev–Trinajstić information content (AvgIpc) is 2.76. The quantitative estimate of drug-likeness (QED) is 0.864. The molecule has 128 valence electrons. The van der Waals surface area contributed by atoms with Crippen LogP contribution in [-0.4, -0.2) is 27.8 Å². The number of fused-ring (bicyclic) bond motifs is 1. The third-order valence-corrected chi connectivity index (χ3v) is 5.02. The molecule has 0 unspecified atom stereocenters. The molecule has 2 aromatic rings. The standard InChI is InChI=1S/C21H23N3O/c1-15(2)24-21(25)9-8-20(22-24)18-7-6-16-10-12-23(19-4-3-5-19)13-11-17(16)14-18/h3-9,14-15H,10-13H2,1-2H3. The van der Waals surface area contributed by atoms with Gasteiger partial charge in [-0.25, -0.2) is 4.68 Å². The van der Waals surface area contributed by atoms with E-state index in [4.69, 9.17) is 0 Å². The van der Waals surface area contributed by atoms with Crippen molar-refractivity contribution >= 4 is 0 Å². The highest BCUT2D eigenvalue weighted by Gasteiger charge is 2.17. The Morgan fingerprint density at radius 1 is 1.04 bits per heavy atom. The Balaban J connectivity index is 1.63. The number of rotatable bonds is 3. The zero-order valence-electron chi connectivity index (χ0n) is 14.8. The second-order valence-corrected chi connectivity index (χ2v) is 7.02. The van der Waals surface area contributed by atoms with Crippen LogP contribution in [-0.2, 0) is 12.8 Å². The number of hydrogen-bond acceptors (Lipinski definition) is 3. The normalized spacial score (nSPS) is 16.3. The maximum Gasteiger partial charge on any atom is 0.267 e. The third-order valence-electron chi connectivity index (χ3n) is 5.02. The van der Waals surface area contributed by atoms with Crippen molar-refractivity contribution in [2.24, 2.45) is 0 Å². The molecule has 0 bridgehead atoms. The Bertz CT molecular complexity index is 921. The molecule has 0 amide bonds. The first-order chi connectivity index (χ1) is 12.1. The van der Waals surface area contributed by atoms with E-state index in [1.54, 1.807) is 10.7 Å². The van der Waals surface area contributed by atoms with Gasteiger partial charge in [-0.15, -0.1) is 0 Å². The van der Waals surface area contributed by atoms with Crippen LogP contribution in [0, 0.1) is 0 Å². The molecule has 0 radical (unpaired) electrons. The van der Waals surface area contributed by atoms with Crippen molar-refractivity contribution in [3.63, 3.8) is 0 Å². The van der Waals surface area contributed by atoms with Crippen molar-refractivity contribution in [2.45, 2.75) is 32.7 Å². The van der Waals surface area contributed by atoms with Gasteiger partial charge in [-0.3, -0.25) is 4.79 Å². The Morgan fingerprint density at radius 2 is 1.80 bits per heavy atom. The SMILES string of the molecule is CC(C)n1nc(-c2ccc3c(c2)CCN(C2=CC=C2)CC3)ccc1=O.